The molecule has 1 nitrogen and oxygen atoms in total. The molecule has 0 bridgehead atoms. The van der Waals surface area contributed by atoms with Gasteiger partial charge in [-0.3, -0.25) is 0 Å². The largest absolute Gasteiger partial charge is 1.00 e. The molecule has 1 atom stereocenters. The molecule has 0 saturated heterocycles. The van der Waals surface area contributed by atoms with Gasteiger partial charge < -0.3 is 24.8 Å². The molecule has 0 heterocycles. The molecule has 2 aromatic rings. The van der Waals surface area contributed by atoms with Crippen LogP contribution in [0, 0.1) is 0 Å². The van der Waals surface area contributed by atoms with Gasteiger partial charge in [0.15, 0.2) is 0 Å². The Labute approximate surface area is 225 Å². The summed E-state index contributed by atoms with van der Waals surface area (Å²) in [5.74, 6) is 0. The van der Waals surface area contributed by atoms with Crippen LogP contribution in [0.15, 0.2) is 66.8 Å². The first-order valence-electron chi connectivity index (χ1n) is 12.6. The summed E-state index contributed by atoms with van der Waals surface area (Å²) in [6, 6.07) is 16.4. The number of unbranched alkanes of at least 4 members (excludes halogenated alkanes) is 3. The maximum Gasteiger partial charge on any atom is -1.00 e. The molecule has 0 amide bonds. The van der Waals surface area contributed by atoms with Crippen LogP contribution in [0.25, 0.3) is 11.1 Å². The standard InChI is InChI=1S/C13H9.C10H21O.C5H5.CH5Si.2ClH.Zr/c1-3-7-12-10(5-1)9-11-6-2-4-8-13(11)12;1-5-6-7-8-9-11-10(2,3)4;1-2-4-5-3-1;1-2;;;/h1-5,7-8H,9H2;1,5-9H2,2-4H3;1-5H;2H2,1H3;2*1H;/p-2. The predicted octanol–water partition coefficient (Wildman–Crippen LogP) is 0.885. The zero-order valence-electron chi connectivity index (χ0n) is 21.2. The average Bonchev–Trinajstić information content (AvgIpc) is 3.44. The Bertz CT molecular complexity index is 986. The first-order chi connectivity index (χ1) is 15.4. The molecule has 1 unspecified atom stereocenters. The number of rotatable bonds is 10. The molecule has 0 spiro atoms. The fourth-order valence-electron chi connectivity index (χ4n) is 5.78. The summed E-state index contributed by atoms with van der Waals surface area (Å²) >= 11 is -2.54. The van der Waals surface area contributed by atoms with Crippen LogP contribution < -0.4 is 28.1 Å². The summed E-state index contributed by atoms with van der Waals surface area (Å²) in [5, 5.41) is 0. The van der Waals surface area contributed by atoms with E-state index in [1.54, 1.807) is 5.56 Å². The second-order valence-corrected chi connectivity index (χ2v) is 33.9. The van der Waals surface area contributed by atoms with E-state index < -0.39 is 19.4 Å². The van der Waals surface area contributed by atoms with Gasteiger partial charge in [0.25, 0.3) is 0 Å². The van der Waals surface area contributed by atoms with E-state index in [0.717, 1.165) is 16.7 Å². The van der Waals surface area contributed by atoms with Crippen molar-refractivity contribution in [1.82, 2.24) is 0 Å². The summed E-state index contributed by atoms with van der Waals surface area (Å²) in [4.78, 5) is 0. The number of fused-ring (bicyclic) bond motifs is 3. The first kappa shape index (κ1) is 29.8. The van der Waals surface area contributed by atoms with Crippen molar-refractivity contribution in [3.8, 4) is 11.1 Å². The molecule has 0 saturated carbocycles. The van der Waals surface area contributed by atoms with Gasteiger partial charge in [-0.1, -0.05) is 0 Å². The summed E-state index contributed by atoms with van der Waals surface area (Å²) in [5.41, 5.74) is 6.24. The normalized spacial score (nSPS) is 16.2. The molecule has 186 valence electrons. The zero-order valence-corrected chi connectivity index (χ0v) is 26.6. The fraction of sp³-hybridized carbons (Fsp3) is 0.448. The topological polar surface area (TPSA) is 9.23 Å². The quantitative estimate of drug-likeness (QED) is 0.250. The van der Waals surface area contributed by atoms with Crippen molar-refractivity contribution < 1.29 is 49.0 Å². The van der Waals surface area contributed by atoms with Crippen molar-refractivity contribution in [2.45, 2.75) is 72.8 Å². The number of benzene rings is 2. The van der Waals surface area contributed by atoms with Gasteiger partial charge in [-0.15, -0.1) is 0 Å². The number of hydrogen-bond acceptors (Lipinski definition) is 1. The second kappa shape index (κ2) is 13.2. The summed E-state index contributed by atoms with van der Waals surface area (Å²) < 4.78 is 10.1. The van der Waals surface area contributed by atoms with Gasteiger partial charge in [-0.25, -0.2) is 0 Å². The van der Waals surface area contributed by atoms with Crippen molar-refractivity contribution in [2.75, 3.05) is 6.61 Å². The van der Waals surface area contributed by atoms with E-state index in [9.17, 15) is 0 Å². The first-order valence-corrected chi connectivity index (χ1v) is 24.4. The van der Waals surface area contributed by atoms with Crippen LogP contribution in [0.4, 0.5) is 0 Å². The molecule has 0 aromatic heterocycles. The zero-order chi connectivity index (χ0) is 22.6. The van der Waals surface area contributed by atoms with Crippen LogP contribution in [0.5, 0.6) is 0 Å². The van der Waals surface area contributed by atoms with Gasteiger partial charge in [0.1, 0.15) is 0 Å². The van der Waals surface area contributed by atoms with Crippen molar-refractivity contribution >= 4 is 9.92 Å². The molecule has 2 aliphatic carbocycles. The minimum atomic E-state index is -2.54. The third-order valence-corrected chi connectivity index (χ3v) is 36.1. The number of ether oxygens (including phenoxy) is 1. The van der Waals surface area contributed by atoms with Crippen LogP contribution in [0.3, 0.4) is 0 Å². The SMILES string of the molecule is C[SiH2][Zr]([CH2]CCCCCOC(C)(C)C)([c]1cccc2c1Cc1ccccc1-2)[CH]1C=CC=C1.[Cl-].[Cl-]. The maximum atomic E-state index is 5.93. The average molecular weight is 595 g/mol. The van der Waals surface area contributed by atoms with Crippen molar-refractivity contribution in [3.63, 3.8) is 0 Å². The maximum absolute atomic E-state index is 5.93. The predicted molar refractivity (Wildman–Crippen MR) is 140 cm³/mol. The molecule has 0 fully saturated rings. The van der Waals surface area contributed by atoms with Crippen LogP contribution >= 0.6 is 0 Å². The Kier molecular flexibility index (Phi) is 11.6. The van der Waals surface area contributed by atoms with Gasteiger partial charge in [0.05, 0.1) is 0 Å². The monoisotopic (exact) mass is 592 g/mol. The molecular formula is C29H40Cl2OSiZr-2. The summed E-state index contributed by atoms with van der Waals surface area (Å²) in [7, 11) is 0. The molecule has 4 rings (SSSR count). The number of hydrogen-bond donors (Lipinski definition) is 0. The molecule has 34 heavy (non-hydrogen) atoms. The number of allylic oxidation sites excluding steroid dienone is 4. The Morgan fingerprint density at radius 1 is 0.882 bits per heavy atom. The molecular weight excluding hydrogens is 555 g/mol. The summed E-state index contributed by atoms with van der Waals surface area (Å²) in [6.07, 6.45) is 16.2. The van der Waals surface area contributed by atoms with Crippen molar-refractivity contribution in [1.29, 1.82) is 0 Å². The van der Waals surface area contributed by atoms with Crippen LogP contribution in [0.1, 0.15) is 57.6 Å². The van der Waals surface area contributed by atoms with E-state index in [1.807, 2.05) is 3.27 Å². The molecule has 2 aromatic carbocycles. The molecule has 2 aliphatic rings. The van der Waals surface area contributed by atoms with Crippen LogP contribution in [-0.2, 0) is 30.6 Å². The smallest absolute Gasteiger partial charge is 1.00 e. The minimum absolute atomic E-state index is 0. The third kappa shape index (κ3) is 6.65. The Morgan fingerprint density at radius 3 is 2.26 bits per heavy atom. The Morgan fingerprint density at radius 2 is 1.56 bits per heavy atom. The fourth-order valence-corrected chi connectivity index (χ4v) is 30.9. The second-order valence-electron chi connectivity index (χ2n) is 10.6. The van der Waals surface area contributed by atoms with Gasteiger partial charge in [0.2, 0.25) is 0 Å². The van der Waals surface area contributed by atoms with Crippen molar-refractivity contribution in [2.24, 2.45) is 0 Å². The van der Waals surface area contributed by atoms with Gasteiger partial charge in [-0.05, 0) is 0 Å². The van der Waals surface area contributed by atoms with E-state index >= 15 is 0 Å². The van der Waals surface area contributed by atoms with Gasteiger partial charge in [-0.2, -0.15) is 0 Å². The van der Waals surface area contributed by atoms with E-state index in [-0.39, 0.29) is 37.1 Å². The Balaban J connectivity index is 0.00000204. The van der Waals surface area contributed by atoms with E-state index in [0.29, 0.717) is 0 Å². The minimum Gasteiger partial charge on any atom is -1.00 e. The third-order valence-electron chi connectivity index (χ3n) is 7.46. The van der Waals surface area contributed by atoms with Crippen LogP contribution in [0.2, 0.25) is 14.3 Å². The van der Waals surface area contributed by atoms with Gasteiger partial charge in [0, 0.05) is 0 Å². The summed E-state index contributed by atoms with van der Waals surface area (Å²) in [6.45, 7) is 9.91. The molecule has 5 heteroatoms. The molecule has 0 radical (unpaired) electrons. The molecule has 0 N–H and O–H groups in total. The van der Waals surface area contributed by atoms with Gasteiger partial charge >= 0.3 is 202 Å². The van der Waals surface area contributed by atoms with E-state index in [2.05, 4.69) is 94.1 Å². The van der Waals surface area contributed by atoms with E-state index in [1.165, 1.54) is 46.5 Å². The van der Waals surface area contributed by atoms with E-state index in [4.69, 9.17) is 4.74 Å². The van der Waals surface area contributed by atoms with Crippen LogP contribution in [-0.4, -0.2) is 18.9 Å². The van der Waals surface area contributed by atoms with Crippen molar-refractivity contribution in [3.05, 3.63) is 77.9 Å². The number of halogens is 2. The molecule has 0 aliphatic heterocycles. The Hall–Kier alpha value is -0.440.